The first-order chi connectivity index (χ1) is 19.0. The van der Waals surface area contributed by atoms with Crippen molar-refractivity contribution in [3.8, 4) is 23.1 Å². The predicted octanol–water partition coefficient (Wildman–Crippen LogP) is 7.64. The zero-order valence-corrected chi connectivity index (χ0v) is 23.6. The monoisotopic (exact) mass is 638 g/mol. The molecule has 5 aromatic rings. The molecule has 0 aliphatic rings. The third kappa shape index (κ3) is 6.06. The van der Waals surface area contributed by atoms with Crippen molar-refractivity contribution in [1.82, 2.24) is 10.4 Å². The number of para-hydroxylation sites is 1. The average Bonchev–Trinajstić information content (AvgIpc) is 2.96. The van der Waals surface area contributed by atoms with Gasteiger partial charge in [-0.15, -0.1) is 0 Å². The van der Waals surface area contributed by atoms with Crippen LogP contribution in [0, 0.1) is 11.3 Å². The number of hydrazone groups is 1. The second-order valence-corrected chi connectivity index (χ2v) is 10.2. The van der Waals surface area contributed by atoms with Crippen LogP contribution in [0.4, 0.5) is 0 Å². The lowest BCUT2D eigenvalue weighted by atomic mass is 10.0. The number of pyridine rings is 1. The number of fused-ring (bicyclic) bond motifs is 1. The van der Waals surface area contributed by atoms with Gasteiger partial charge in [-0.25, -0.2) is 10.4 Å². The van der Waals surface area contributed by atoms with Gasteiger partial charge in [-0.2, -0.15) is 10.4 Å². The van der Waals surface area contributed by atoms with Crippen LogP contribution in [0.15, 0.2) is 111 Å². The molecule has 1 heterocycles. The van der Waals surface area contributed by atoms with Gasteiger partial charge in [0.05, 0.1) is 43.6 Å². The Hall–Kier alpha value is -4.32. The van der Waals surface area contributed by atoms with Crippen LogP contribution < -0.4 is 10.2 Å². The van der Waals surface area contributed by atoms with Crippen molar-refractivity contribution < 1.29 is 9.53 Å². The molecule has 0 fully saturated rings. The normalized spacial score (nSPS) is 10.9. The quantitative estimate of drug-likeness (QED) is 0.146. The van der Waals surface area contributed by atoms with Gasteiger partial charge in [-0.05, 0) is 67.8 Å². The lowest BCUT2D eigenvalue weighted by Crippen LogP contribution is -2.18. The van der Waals surface area contributed by atoms with Crippen LogP contribution >= 0.6 is 31.9 Å². The number of nitrogens with one attached hydrogen (secondary N) is 1. The maximum Gasteiger partial charge on any atom is 0.272 e. The first kappa shape index (κ1) is 26.3. The molecule has 39 heavy (non-hydrogen) atoms. The summed E-state index contributed by atoms with van der Waals surface area (Å²) in [5.74, 6) is 0.261. The van der Waals surface area contributed by atoms with Crippen molar-refractivity contribution in [2.75, 3.05) is 0 Å². The van der Waals surface area contributed by atoms with E-state index in [0.717, 1.165) is 27.6 Å². The number of nitrogens with zero attached hydrogens (tertiary/aromatic N) is 3. The van der Waals surface area contributed by atoms with E-state index in [4.69, 9.17) is 9.72 Å². The van der Waals surface area contributed by atoms with Gasteiger partial charge >= 0.3 is 0 Å². The third-order valence-corrected chi connectivity index (χ3v) is 7.12. The van der Waals surface area contributed by atoms with E-state index < -0.39 is 0 Å². The summed E-state index contributed by atoms with van der Waals surface area (Å²) in [5, 5.41) is 14.2. The predicted molar refractivity (Wildman–Crippen MR) is 160 cm³/mol. The summed E-state index contributed by atoms with van der Waals surface area (Å²) >= 11 is 7.09. The molecule has 0 spiro atoms. The minimum absolute atomic E-state index is 0.245. The molecule has 1 amide bonds. The molecular formula is C31H20Br2N4O2. The largest absolute Gasteiger partial charge is 0.486 e. The summed E-state index contributed by atoms with van der Waals surface area (Å²) < 4.78 is 7.38. The Morgan fingerprint density at radius 1 is 0.949 bits per heavy atom. The standard InChI is InChI=1S/C31H20Br2N4O2/c32-26-14-20(15-27(33)30(26)39-19-23-11-5-4-10-22(23)17-34)18-35-37-31(38)25-16-29(21-8-2-1-3-9-21)36-28-13-7-6-12-24(25)28/h1-16,18H,19H2,(H,37,38)/b35-18+. The Kier molecular flexibility index (Phi) is 8.11. The van der Waals surface area contributed by atoms with Crippen molar-refractivity contribution in [2.24, 2.45) is 5.10 Å². The Morgan fingerprint density at radius 3 is 2.41 bits per heavy atom. The van der Waals surface area contributed by atoms with Crippen LogP contribution in [-0.2, 0) is 6.61 Å². The van der Waals surface area contributed by atoms with Gasteiger partial charge in [0.1, 0.15) is 12.4 Å². The highest BCUT2D eigenvalue weighted by atomic mass is 79.9. The second kappa shape index (κ2) is 12.0. The van der Waals surface area contributed by atoms with Crippen LogP contribution in [0.5, 0.6) is 5.75 Å². The molecule has 6 nitrogen and oxygen atoms in total. The number of rotatable bonds is 7. The average molecular weight is 640 g/mol. The topological polar surface area (TPSA) is 87.4 Å². The first-order valence-electron chi connectivity index (χ1n) is 11.9. The smallest absolute Gasteiger partial charge is 0.272 e. The summed E-state index contributed by atoms with van der Waals surface area (Å²) in [6.07, 6.45) is 1.56. The Morgan fingerprint density at radius 2 is 1.64 bits per heavy atom. The van der Waals surface area contributed by atoms with Gasteiger partial charge in [-0.1, -0.05) is 66.7 Å². The van der Waals surface area contributed by atoms with Crippen molar-refractivity contribution >= 4 is 54.9 Å². The van der Waals surface area contributed by atoms with E-state index in [0.29, 0.717) is 31.5 Å². The highest BCUT2D eigenvalue weighted by Gasteiger charge is 2.14. The molecule has 0 saturated carbocycles. The van der Waals surface area contributed by atoms with Gasteiger partial charge in [0.2, 0.25) is 0 Å². The summed E-state index contributed by atoms with van der Waals surface area (Å²) in [6.45, 7) is 0.245. The Balaban J connectivity index is 1.33. The van der Waals surface area contributed by atoms with E-state index in [9.17, 15) is 10.1 Å². The highest BCUT2D eigenvalue weighted by molar-refractivity contribution is 9.11. The summed E-state index contributed by atoms with van der Waals surface area (Å²) in [5.41, 5.74) is 7.60. The van der Waals surface area contributed by atoms with Gasteiger partial charge < -0.3 is 4.74 Å². The number of amides is 1. The fourth-order valence-electron chi connectivity index (χ4n) is 4.04. The molecule has 0 aliphatic carbocycles. The van der Waals surface area contributed by atoms with Crippen molar-refractivity contribution in [2.45, 2.75) is 6.61 Å². The number of hydrogen-bond acceptors (Lipinski definition) is 5. The highest BCUT2D eigenvalue weighted by Crippen LogP contribution is 2.35. The number of carbonyl (C=O) groups excluding carboxylic acids is 1. The number of halogens is 2. The van der Waals surface area contributed by atoms with E-state index >= 15 is 0 Å². The maximum atomic E-state index is 13.2. The van der Waals surface area contributed by atoms with Crippen LogP contribution in [0.1, 0.15) is 27.0 Å². The minimum Gasteiger partial charge on any atom is -0.486 e. The molecule has 0 aliphatic heterocycles. The van der Waals surface area contributed by atoms with Crippen LogP contribution in [-0.4, -0.2) is 17.1 Å². The molecule has 0 unspecified atom stereocenters. The van der Waals surface area contributed by atoms with E-state index in [-0.39, 0.29) is 12.5 Å². The molecule has 1 aromatic heterocycles. The molecule has 0 atom stereocenters. The fraction of sp³-hybridized carbons (Fsp3) is 0.0323. The molecule has 0 saturated heterocycles. The molecule has 0 radical (unpaired) electrons. The van der Waals surface area contributed by atoms with Crippen molar-refractivity contribution in [1.29, 1.82) is 5.26 Å². The number of ether oxygens (including phenoxy) is 1. The molecule has 5 rings (SSSR count). The minimum atomic E-state index is -0.337. The van der Waals surface area contributed by atoms with Crippen molar-refractivity contribution in [3.05, 3.63) is 128 Å². The number of carbonyl (C=O) groups is 1. The number of benzene rings is 4. The molecule has 190 valence electrons. The van der Waals surface area contributed by atoms with Gasteiger partial charge in [-0.3, -0.25) is 4.79 Å². The number of nitriles is 1. The Bertz CT molecular complexity index is 1720. The second-order valence-electron chi connectivity index (χ2n) is 8.51. The van der Waals surface area contributed by atoms with Gasteiger partial charge in [0.25, 0.3) is 5.91 Å². The van der Waals surface area contributed by atoms with Crippen molar-refractivity contribution in [3.63, 3.8) is 0 Å². The molecule has 0 bridgehead atoms. The number of hydrogen-bond donors (Lipinski definition) is 1. The first-order valence-corrected chi connectivity index (χ1v) is 13.5. The number of aromatic nitrogens is 1. The van der Waals surface area contributed by atoms with E-state index in [1.54, 1.807) is 18.3 Å². The summed E-state index contributed by atoms with van der Waals surface area (Å²) in [7, 11) is 0. The van der Waals surface area contributed by atoms with Gasteiger partial charge in [0, 0.05) is 16.5 Å². The zero-order valence-electron chi connectivity index (χ0n) is 20.4. The lowest BCUT2D eigenvalue weighted by Gasteiger charge is -2.12. The lowest BCUT2D eigenvalue weighted by molar-refractivity contribution is 0.0956. The maximum absolute atomic E-state index is 13.2. The molecule has 1 N–H and O–H groups in total. The molecule has 4 aromatic carbocycles. The van der Waals surface area contributed by atoms with E-state index in [1.165, 1.54) is 0 Å². The van der Waals surface area contributed by atoms with E-state index in [2.05, 4.69) is 48.5 Å². The fourth-order valence-corrected chi connectivity index (χ4v) is 5.49. The van der Waals surface area contributed by atoms with Crippen LogP contribution in [0.25, 0.3) is 22.2 Å². The SMILES string of the molecule is N#Cc1ccccc1COc1c(Br)cc(/C=N/NC(=O)c2cc(-c3ccccc3)nc3ccccc23)cc1Br. The van der Waals surface area contributed by atoms with E-state index in [1.807, 2.05) is 84.9 Å². The van der Waals surface area contributed by atoms with Gasteiger partial charge in [0.15, 0.2) is 0 Å². The third-order valence-electron chi connectivity index (χ3n) is 5.94. The van der Waals surface area contributed by atoms with Crippen LogP contribution in [0.2, 0.25) is 0 Å². The van der Waals surface area contributed by atoms with Crippen LogP contribution in [0.3, 0.4) is 0 Å². The zero-order chi connectivity index (χ0) is 27.2. The molecular weight excluding hydrogens is 620 g/mol. The Labute approximate surface area is 242 Å². The molecule has 8 heteroatoms. The summed E-state index contributed by atoms with van der Waals surface area (Å²) in [6, 6.07) is 32.2. The summed E-state index contributed by atoms with van der Waals surface area (Å²) in [4.78, 5) is 17.9.